The topological polar surface area (TPSA) is 41.0 Å². The molecule has 4 nitrogen and oxygen atoms in total. The van der Waals surface area contributed by atoms with Crippen molar-refractivity contribution in [1.82, 2.24) is 15.3 Å². The van der Waals surface area contributed by atoms with Gasteiger partial charge in [0, 0.05) is 24.7 Å². The second-order valence-electron chi connectivity index (χ2n) is 4.92. The number of hydrogen-bond acceptors (Lipinski definition) is 5. The third kappa shape index (κ3) is 4.02. The molecule has 20 heavy (non-hydrogen) atoms. The maximum atomic E-state index is 4.54. The van der Waals surface area contributed by atoms with Crippen LogP contribution in [-0.2, 0) is 13.1 Å². The lowest BCUT2D eigenvalue weighted by Crippen LogP contribution is -2.18. The molecule has 0 saturated carbocycles. The summed E-state index contributed by atoms with van der Waals surface area (Å²) in [5.41, 5.74) is 4.24. The van der Waals surface area contributed by atoms with E-state index in [0.717, 1.165) is 37.6 Å². The highest BCUT2D eigenvalue weighted by Crippen LogP contribution is 2.18. The number of nitrogens with zero attached hydrogens (tertiary/aromatic N) is 3. The van der Waals surface area contributed by atoms with Gasteiger partial charge in [-0.1, -0.05) is 13.0 Å². The average Bonchev–Trinajstić information content (AvgIpc) is 2.85. The Kier molecular flexibility index (Phi) is 5.49. The second-order valence-corrected chi connectivity index (χ2v) is 5.86. The highest BCUT2D eigenvalue weighted by molar-refractivity contribution is 7.09. The van der Waals surface area contributed by atoms with E-state index in [2.05, 4.69) is 53.2 Å². The highest BCUT2D eigenvalue weighted by atomic mass is 32.1. The first-order valence-corrected chi connectivity index (χ1v) is 7.84. The number of rotatable bonds is 7. The Morgan fingerprint density at radius 1 is 1.30 bits per heavy atom. The lowest BCUT2D eigenvalue weighted by molar-refractivity contribution is 0.673. The molecule has 0 aliphatic rings. The van der Waals surface area contributed by atoms with Gasteiger partial charge in [-0.15, -0.1) is 11.3 Å². The molecule has 0 fully saturated rings. The summed E-state index contributed by atoms with van der Waals surface area (Å²) in [7, 11) is 2.07. The molecule has 0 atom stereocenters. The largest absolute Gasteiger partial charge is 0.354 e. The normalized spacial score (nSPS) is 10.8. The lowest BCUT2D eigenvalue weighted by Gasteiger charge is -2.17. The summed E-state index contributed by atoms with van der Waals surface area (Å²) < 4.78 is 0. The molecule has 0 radical (unpaired) electrons. The van der Waals surface area contributed by atoms with E-state index in [1.54, 1.807) is 11.3 Å². The number of anilines is 1. The van der Waals surface area contributed by atoms with Crippen molar-refractivity contribution in [2.24, 2.45) is 0 Å². The van der Waals surface area contributed by atoms with Crippen molar-refractivity contribution in [2.75, 3.05) is 18.5 Å². The van der Waals surface area contributed by atoms with Gasteiger partial charge in [0.15, 0.2) is 0 Å². The molecule has 5 heteroatoms. The standard InChI is InChI=1S/C15H22N4S/c1-4-7-16-8-13-5-6-15(17-9-13)19(3)10-14-12(2)18-11-20-14/h5-6,9,11,16H,4,7-8,10H2,1-3H3. The molecule has 2 rings (SSSR count). The van der Waals surface area contributed by atoms with E-state index >= 15 is 0 Å². The monoisotopic (exact) mass is 290 g/mol. The predicted molar refractivity (Wildman–Crippen MR) is 85.2 cm³/mol. The maximum absolute atomic E-state index is 4.54. The summed E-state index contributed by atoms with van der Waals surface area (Å²) in [6.45, 7) is 7.02. The number of aromatic nitrogens is 2. The van der Waals surface area contributed by atoms with Gasteiger partial charge in [0.1, 0.15) is 5.82 Å². The highest BCUT2D eigenvalue weighted by Gasteiger charge is 2.07. The minimum atomic E-state index is 0.858. The zero-order valence-corrected chi connectivity index (χ0v) is 13.2. The first kappa shape index (κ1) is 14.9. The average molecular weight is 290 g/mol. The van der Waals surface area contributed by atoms with Crippen molar-refractivity contribution in [2.45, 2.75) is 33.4 Å². The fourth-order valence-electron chi connectivity index (χ4n) is 1.93. The zero-order chi connectivity index (χ0) is 14.4. The quantitative estimate of drug-likeness (QED) is 0.796. The Morgan fingerprint density at radius 2 is 2.15 bits per heavy atom. The van der Waals surface area contributed by atoms with Gasteiger partial charge in [-0.2, -0.15) is 0 Å². The Morgan fingerprint density at radius 3 is 2.75 bits per heavy atom. The molecule has 0 spiro atoms. The van der Waals surface area contributed by atoms with Gasteiger partial charge in [0.05, 0.1) is 17.7 Å². The summed E-state index contributed by atoms with van der Waals surface area (Å²) in [6, 6.07) is 4.22. The van der Waals surface area contributed by atoms with Gasteiger partial charge in [-0.3, -0.25) is 0 Å². The van der Waals surface area contributed by atoms with Gasteiger partial charge in [-0.25, -0.2) is 9.97 Å². The van der Waals surface area contributed by atoms with Crippen LogP contribution in [0, 0.1) is 6.92 Å². The van der Waals surface area contributed by atoms with Crippen LogP contribution in [0.2, 0.25) is 0 Å². The number of hydrogen-bond donors (Lipinski definition) is 1. The van der Waals surface area contributed by atoms with E-state index in [1.807, 2.05) is 11.7 Å². The van der Waals surface area contributed by atoms with Gasteiger partial charge in [-0.05, 0) is 31.5 Å². The van der Waals surface area contributed by atoms with Crippen molar-refractivity contribution in [3.8, 4) is 0 Å². The van der Waals surface area contributed by atoms with Gasteiger partial charge in [0.2, 0.25) is 0 Å². The van der Waals surface area contributed by atoms with E-state index in [4.69, 9.17) is 0 Å². The van der Waals surface area contributed by atoms with Crippen molar-refractivity contribution in [3.05, 3.63) is 40.0 Å². The smallest absolute Gasteiger partial charge is 0.128 e. The van der Waals surface area contributed by atoms with Crippen LogP contribution >= 0.6 is 11.3 Å². The summed E-state index contributed by atoms with van der Waals surface area (Å²) in [6.07, 6.45) is 3.11. The zero-order valence-electron chi connectivity index (χ0n) is 12.4. The molecular formula is C15H22N4S. The van der Waals surface area contributed by atoms with Gasteiger partial charge >= 0.3 is 0 Å². The fraction of sp³-hybridized carbons (Fsp3) is 0.467. The molecule has 0 amide bonds. The van der Waals surface area contributed by atoms with Crippen molar-refractivity contribution < 1.29 is 0 Å². The van der Waals surface area contributed by atoms with Gasteiger partial charge in [0.25, 0.3) is 0 Å². The Hall–Kier alpha value is -1.46. The van der Waals surface area contributed by atoms with Crippen molar-refractivity contribution >= 4 is 17.2 Å². The summed E-state index contributed by atoms with van der Waals surface area (Å²) in [5.74, 6) is 0.997. The van der Waals surface area contributed by atoms with E-state index in [9.17, 15) is 0 Å². The van der Waals surface area contributed by atoms with Crippen molar-refractivity contribution in [1.29, 1.82) is 0 Å². The Labute approximate surface area is 124 Å². The third-order valence-electron chi connectivity index (χ3n) is 3.18. The molecule has 2 aromatic heterocycles. The fourth-order valence-corrected chi connectivity index (χ4v) is 2.76. The predicted octanol–water partition coefficient (Wildman–Crippen LogP) is 2.98. The summed E-state index contributed by atoms with van der Waals surface area (Å²) >= 11 is 1.70. The Balaban J connectivity index is 1.93. The molecule has 0 aliphatic carbocycles. The van der Waals surface area contributed by atoms with Crippen LogP contribution in [0.4, 0.5) is 5.82 Å². The number of nitrogens with one attached hydrogen (secondary N) is 1. The van der Waals surface area contributed by atoms with Gasteiger partial charge < -0.3 is 10.2 Å². The SMILES string of the molecule is CCCNCc1ccc(N(C)Cc2scnc2C)nc1. The lowest BCUT2D eigenvalue weighted by atomic mass is 10.2. The van der Waals surface area contributed by atoms with E-state index in [-0.39, 0.29) is 0 Å². The maximum Gasteiger partial charge on any atom is 0.128 e. The summed E-state index contributed by atoms with van der Waals surface area (Å²) in [5, 5.41) is 3.38. The molecule has 1 N–H and O–H groups in total. The van der Waals surface area contributed by atoms with Crippen LogP contribution in [0.1, 0.15) is 29.5 Å². The van der Waals surface area contributed by atoms with E-state index in [1.165, 1.54) is 10.4 Å². The van der Waals surface area contributed by atoms with E-state index < -0.39 is 0 Å². The molecule has 0 saturated heterocycles. The number of pyridine rings is 1. The number of aryl methyl sites for hydroxylation is 1. The van der Waals surface area contributed by atoms with Crippen LogP contribution in [0.25, 0.3) is 0 Å². The molecular weight excluding hydrogens is 268 g/mol. The second kappa shape index (κ2) is 7.36. The Bertz CT molecular complexity index is 521. The van der Waals surface area contributed by atoms with Crippen LogP contribution in [0.3, 0.4) is 0 Å². The van der Waals surface area contributed by atoms with Crippen LogP contribution in [0.5, 0.6) is 0 Å². The number of thiazole rings is 1. The molecule has 0 aliphatic heterocycles. The molecule has 0 bridgehead atoms. The summed E-state index contributed by atoms with van der Waals surface area (Å²) in [4.78, 5) is 12.3. The molecule has 2 aromatic rings. The van der Waals surface area contributed by atoms with Crippen LogP contribution in [-0.4, -0.2) is 23.6 Å². The third-order valence-corrected chi connectivity index (χ3v) is 4.10. The molecule has 2 heterocycles. The minimum Gasteiger partial charge on any atom is -0.354 e. The van der Waals surface area contributed by atoms with Crippen LogP contribution in [0.15, 0.2) is 23.8 Å². The minimum absolute atomic E-state index is 0.858. The first-order chi connectivity index (χ1) is 9.70. The molecule has 0 aromatic carbocycles. The van der Waals surface area contributed by atoms with Crippen LogP contribution < -0.4 is 10.2 Å². The molecule has 108 valence electrons. The van der Waals surface area contributed by atoms with E-state index in [0.29, 0.717) is 0 Å². The first-order valence-electron chi connectivity index (χ1n) is 6.96. The van der Waals surface area contributed by atoms with Crippen molar-refractivity contribution in [3.63, 3.8) is 0 Å². The molecule has 0 unspecified atom stereocenters.